The molecule has 0 saturated heterocycles. The Labute approximate surface area is 140 Å². The van der Waals surface area contributed by atoms with Crippen molar-refractivity contribution in [1.82, 2.24) is 0 Å². The summed E-state index contributed by atoms with van der Waals surface area (Å²) in [5, 5.41) is 11.7. The Bertz CT molecular complexity index is 828. The molecule has 2 aromatic rings. The minimum Gasteiger partial charge on any atom is -0.497 e. The number of hydrogen-bond donors (Lipinski definition) is 1. The molecule has 1 aromatic heterocycles. The van der Waals surface area contributed by atoms with Gasteiger partial charge in [-0.2, -0.15) is 5.26 Å². The van der Waals surface area contributed by atoms with Crippen LogP contribution in [0, 0.1) is 25.2 Å². The molecule has 0 aliphatic rings. The van der Waals surface area contributed by atoms with Crippen molar-refractivity contribution in [3.63, 3.8) is 0 Å². The molecule has 1 heterocycles. The maximum absolute atomic E-state index is 12.1. The number of methoxy groups -OCH3 is 2. The first-order chi connectivity index (χ1) is 11.5. The predicted octanol–water partition coefficient (Wildman–Crippen LogP) is 3.44. The van der Waals surface area contributed by atoms with E-state index in [0.29, 0.717) is 28.4 Å². The fourth-order valence-corrected chi connectivity index (χ4v) is 2.12. The number of anilines is 1. The quantitative estimate of drug-likeness (QED) is 0.851. The Hall–Kier alpha value is -3.20. The van der Waals surface area contributed by atoms with Crippen LogP contribution < -0.4 is 14.8 Å². The minimum absolute atomic E-state index is 0.156. The van der Waals surface area contributed by atoms with Crippen molar-refractivity contribution in [3.8, 4) is 17.6 Å². The number of carbonyl (C=O) groups excluding carboxylic acids is 1. The predicted molar refractivity (Wildman–Crippen MR) is 90.1 cm³/mol. The summed E-state index contributed by atoms with van der Waals surface area (Å²) in [5.41, 5.74) is 1.77. The zero-order valence-corrected chi connectivity index (χ0v) is 14.0. The third-order valence-electron chi connectivity index (χ3n) is 3.59. The lowest BCUT2D eigenvalue weighted by atomic mass is 10.1. The molecule has 6 nitrogen and oxygen atoms in total. The van der Waals surface area contributed by atoms with Crippen LogP contribution in [0.15, 0.2) is 28.7 Å². The van der Waals surface area contributed by atoms with Crippen LogP contribution in [-0.4, -0.2) is 20.1 Å². The second-order valence-corrected chi connectivity index (χ2v) is 5.03. The van der Waals surface area contributed by atoms with Gasteiger partial charge in [-0.1, -0.05) is 0 Å². The fourth-order valence-electron chi connectivity index (χ4n) is 2.12. The summed E-state index contributed by atoms with van der Waals surface area (Å²) in [6.07, 6.45) is 2.96. The van der Waals surface area contributed by atoms with E-state index < -0.39 is 5.91 Å². The van der Waals surface area contributed by atoms with Crippen molar-refractivity contribution in [2.75, 3.05) is 19.5 Å². The molecule has 0 atom stereocenters. The number of furan rings is 1. The highest BCUT2D eigenvalue weighted by molar-refractivity contribution is 6.02. The van der Waals surface area contributed by atoms with E-state index in [2.05, 4.69) is 5.32 Å². The van der Waals surface area contributed by atoms with E-state index in [4.69, 9.17) is 19.2 Å². The number of ether oxygens (including phenoxy) is 2. The molecule has 1 N–H and O–H groups in total. The van der Waals surface area contributed by atoms with E-state index in [1.807, 2.05) is 6.07 Å². The molecule has 6 heteroatoms. The molecule has 2 rings (SSSR count). The van der Waals surface area contributed by atoms with Gasteiger partial charge < -0.3 is 13.9 Å². The summed E-state index contributed by atoms with van der Waals surface area (Å²) in [7, 11) is 3.11. The molecule has 0 unspecified atom stereocenters. The van der Waals surface area contributed by atoms with Crippen LogP contribution in [0.3, 0.4) is 0 Å². The van der Waals surface area contributed by atoms with Gasteiger partial charge in [0.1, 0.15) is 28.9 Å². The van der Waals surface area contributed by atoms with Gasteiger partial charge in [0.2, 0.25) is 5.88 Å². The molecule has 0 aliphatic heterocycles. The van der Waals surface area contributed by atoms with Gasteiger partial charge in [0, 0.05) is 23.3 Å². The number of nitrogens with one attached hydrogen (secondary N) is 1. The maximum Gasteiger partial charge on any atom is 0.250 e. The molecular weight excluding hydrogens is 308 g/mol. The average molecular weight is 326 g/mol. The second kappa shape index (κ2) is 7.38. The van der Waals surface area contributed by atoms with Gasteiger partial charge in [-0.25, -0.2) is 0 Å². The summed E-state index contributed by atoms with van der Waals surface area (Å²) >= 11 is 0. The van der Waals surface area contributed by atoms with Crippen LogP contribution in [0.1, 0.15) is 22.5 Å². The SMILES string of the molecule is COc1ccc(/C=C/C(=O)Nc2oc(C)c(C)c2C#N)c(OC)c1. The van der Waals surface area contributed by atoms with Crippen LogP contribution in [0.25, 0.3) is 6.08 Å². The monoisotopic (exact) mass is 326 g/mol. The van der Waals surface area contributed by atoms with E-state index in [9.17, 15) is 4.79 Å². The number of hydrogen-bond acceptors (Lipinski definition) is 5. The first-order valence-corrected chi connectivity index (χ1v) is 7.21. The summed E-state index contributed by atoms with van der Waals surface area (Å²) in [5.74, 6) is 1.60. The lowest BCUT2D eigenvalue weighted by Crippen LogP contribution is -2.08. The third-order valence-corrected chi connectivity index (χ3v) is 3.59. The molecule has 0 fully saturated rings. The van der Waals surface area contributed by atoms with Gasteiger partial charge in [0.25, 0.3) is 5.91 Å². The molecule has 1 amide bonds. The van der Waals surface area contributed by atoms with Gasteiger partial charge in [0.05, 0.1) is 14.2 Å². The van der Waals surface area contributed by atoms with Crippen molar-refractivity contribution in [1.29, 1.82) is 5.26 Å². The highest BCUT2D eigenvalue weighted by Crippen LogP contribution is 2.27. The fraction of sp³-hybridized carbons (Fsp3) is 0.222. The average Bonchev–Trinajstić information content (AvgIpc) is 2.85. The Morgan fingerprint density at radius 2 is 2.04 bits per heavy atom. The highest BCUT2D eigenvalue weighted by atomic mass is 16.5. The first kappa shape index (κ1) is 17.2. The van der Waals surface area contributed by atoms with Gasteiger partial charge in [0.15, 0.2) is 0 Å². The van der Waals surface area contributed by atoms with Crippen molar-refractivity contribution in [2.45, 2.75) is 13.8 Å². The van der Waals surface area contributed by atoms with Crippen LogP contribution in [0.2, 0.25) is 0 Å². The van der Waals surface area contributed by atoms with Crippen LogP contribution in [-0.2, 0) is 4.79 Å². The Balaban J connectivity index is 2.17. The third kappa shape index (κ3) is 3.58. The molecule has 24 heavy (non-hydrogen) atoms. The number of rotatable bonds is 5. The largest absolute Gasteiger partial charge is 0.497 e. The molecule has 0 spiro atoms. The maximum atomic E-state index is 12.1. The van der Waals surface area contributed by atoms with E-state index in [1.54, 1.807) is 52.3 Å². The number of nitriles is 1. The second-order valence-electron chi connectivity index (χ2n) is 5.03. The van der Waals surface area contributed by atoms with E-state index in [-0.39, 0.29) is 5.88 Å². The van der Waals surface area contributed by atoms with Gasteiger partial charge in [-0.3, -0.25) is 10.1 Å². The van der Waals surface area contributed by atoms with Crippen molar-refractivity contribution in [2.24, 2.45) is 0 Å². The Kier molecular flexibility index (Phi) is 5.27. The smallest absolute Gasteiger partial charge is 0.250 e. The van der Waals surface area contributed by atoms with E-state index >= 15 is 0 Å². The molecule has 1 aromatic carbocycles. The van der Waals surface area contributed by atoms with Crippen molar-refractivity contribution in [3.05, 3.63) is 46.7 Å². The van der Waals surface area contributed by atoms with Crippen LogP contribution in [0.5, 0.6) is 11.5 Å². The Morgan fingerprint density at radius 1 is 1.29 bits per heavy atom. The number of amides is 1. The number of carbonyl (C=O) groups is 1. The normalized spacial score (nSPS) is 10.5. The standard InChI is InChI=1S/C18H18N2O4/c1-11-12(2)24-18(15(11)10-19)20-17(21)8-6-13-5-7-14(22-3)9-16(13)23-4/h5-9H,1-4H3,(H,20,21)/b8-6+. The van der Waals surface area contributed by atoms with Gasteiger partial charge in [-0.05, 0) is 32.1 Å². The molecule has 0 radical (unpaired) electrons. The minimum atomic E-state index is -0.405. The number of benzene rings is 1. The molecule has 124 valence electrons. The summed E-state index contributed by atoms with van der Waals surface area (Å²) < 4.78 is 15.8. The van der Waals surface area contributed by atoms with Gasteiger partial charge in [-0.15, -0.1) is 0 Å². The number of aryl methyl sites for hydroxylation is 1. The van der Waals surface area contributed by atoms with E-state index in [0.717, 1.165) is 5.56 Å². The molecule has 0 bridgehead atoms. The van der Waals surface area contributed by atoms with Crippen LogP contribution >= 0.6 is 0 Å². The van der Waals surface area contributed by atoms with Crippen molar-refractivity contribution >= 4 is 17.9 Å². The van der Waals surface area contributed by atoms with E-state index in [1.165, 1.54) is 6.08 Å². The first-order valence-electron chi connectivity index (χ1n) is 7.21. The summed E-state index contributed by atoms with van der Waals surface area (Å²) in [6, 6.07) is 7.31. The zero-order chi connectivity index (χ0) is 17.7. The van der Waals surface area contributed by atoms with Crippen molar-refractivity contribution < 1.29 is 18.7 Å². The van der Waals surface area contributed by atoms with Crippen LogP contribution in [0.4, 0.5) is 5.88 Å². The highest BCUT2D eigenvalue weighted by Gasteiger charge is 2.15. The lowest BCUT2D eigenvalue weighted by molar-refractivity contribution is -0.111. The zero-order valence-electron chi connectivity index (χ0n) is 14.0. The van der Waals surface area contributed by atoms with Gasteiger partial charge >= 0.3 is 0 Å². The molecule has 0 saturated carbocycles. The topological polar surface area (TPSA) is 84.5 Å². The summed E-state index contributed by atoms with van der Waals surface area (Å²) in [4.78, 5) is 12.1. The lowest BCUT2D eigenvalue weighted by Gasteiger charge is -2.07. The Morgan fingerprint density at radius 3 is 2.67 bits per heavy atom. The molecule has 0 aliphatic carbocycles. The summed E-state index contributed by atoms with van der Waals surface area (Å²) in [6.45, 7) is 3.51. The number of nitrogens with zero attached hydrogens (tertiary/aromatic N) is 1. The molecular formula is C18H18N2O4.